The van der Waals surface area contributed by atoms with Crippen LogP contribution in [0.15, 0.2) is 30.6 Å². The van der Waals surface area contributed by atoms with Gasteiger partial charge in [0.05, 0.1) is 6.04 Å². The fourth-order valence-corrected chi connectivity index (χ4v) is 3.23. The van der Waals surface area contributed by atoms with Crippen molar-refractivity contribution in [1.82, 2.24) is 14.9 Å². The Morgan fingerprint density at radius 2 is 2.15 bits per heavy atom. The van der Waals surface area contributed by atoms with Gasteiger partial charge >= 0.3 is 0 Å². The van der Waals surface area contributed by atoms with Gasteiger partial charge in [-0.25, -0.2) is 4.98 Å². The molecule has 1 atom stereocenters. The van der Waals surface area contributed by atoms with Crippen molar-refractivity contribution in [3.05, 3.63) is 53.1 Å². The lowest BCUT2D eigenvalue weighted by molar-refractivity contribution is 0.568. The van der Waals surface area contributed by atoms with Crippen LogP contribution in [-0.2, 0) is 19.4 Å². The molecular formula is C17H23N3. The summed E-state index contributed by atoms with van der Waals surface area (Å²) < 4.78 is 2.26. The molecule has 3 nitrogen and oxygen atoms in total. The summed E-state index contributed by atoms with van der Waals surface area (Å²) in [5.41, 5.74) is 4.38. The second-order valence-corrected chi connectivity index (χ2v) is 5.58. The van der Waals surface area contributed by atoms with Crippen molar-refractivity contribution < 1.29 is 0 Å². The van der Waals surface area contributed by atoms with E-state index in [1.54, 1.807) is 0 Å². The standard InChI is InChI=1S/C17H23N3/c1-3-10-20-11-9-19-17(20)16(18-2)15-8-7-13-5-4-6-14(13)12-15/h7-9,11-12,16,18H,3-6,10H2,1-2H3. The van der Waals surface area contributed by atoms with Crippen molar-refractivity contribution in [3.63, 3.8) is 0 Å². The average Bonchev–Trinajstić information content (AvgIpc) is 3.09. The molecule has 1 aromatic heterocycles. The molecule has 106 valence electrons. The Kier molecular flexibility index (Phi) is 3.88. The third kappa shape index (κ3) is 2.38. The largest absolute Gasteiger partial charge is 0.333 e. The molecule has 0 fully saturated rings. The molecule has 0 radical (unpaired) electrons. The molecular weight excluding hydrogens is 246 g/mol. The van der Waals surface area contributed by atoms with E-state index in [2.05, 4.69) is 46.2 Å². The molecule has 1 heterocycles. The zero-order valence-corrected chi connectivity index (χ0v) is 12.4. The van der Waals surface area contributed by atoms with E-state index in [9.17, 15) is 0 Å². The first-order valence-corrected chi connectivity index (χ1v) is 7.63. The number of rotatable bonds is 5. The van der Waals surface area contributed by atoms with Crippen molar-refractivity contribution in [2.45, 2.75) is 45.2 Å². The first-order chi connectivity index (χ1) is 9.83. The maximum absolute atomic E-state index is 4.58. The van der Waals surface area contributed by atoms with Crippen LogP contribution in [0.4, 0.5) is 0 Å². The number of nitrogens with zero attached hydrogens (tertiary/aromatic N) is 2. The monoisotopic (exact) mass is 269 g/mol. The van der Waals surface area contributed by atoms with Crippen LogP contribution in [0.5, 0.6) is 0 Å². The molecule has 3 heteroatoms. The summed E-state index contributed by atoms with van der Waals surface area (Å²) >= 11 is 0. The van der Waals surface area contributed by atoms with E-state index in [1.807, 2.05) is 13.2 Å². The highest BCUT2D eigenvalue weighted by Gasteiger charge is 2.19. The number of nitrogens with one attached hydrogen (secondary N) is 1. The Morgan fingerprint density at radius 1 is 1.30 bits per heavy atom. The van der Waals surface area contributed by atoms with Crippen LogP contribution >= 0.6 is 0 Å². The van der Waals surface area contributed by atoms with Gasteiger partial charge in [-0.15, -0.1) is 0 Å². The Hall–Kier alpha value is -1.61. The van der Waals surface area contributed by atoms with Gasteiger partial charge in [-0.2, -0.15) is 0 Å². The Labute approximate surface area is 121 Å². The van der Waals surface area contributed by atoms with Crippen LogP contribution in [0.1, 0.15) is 48.3 Å². The molecule has 20 heavy (non-hydrogen) atoms. The Balaban J connectivity index is 1.95. The van der Waals surface area contributed by atoms with E-state index in [1.165, 1.54) is 36.0 Å². The van der Waals surface area contributed by atoms with E-state index in [0.29, 0.717) is 0 Å². The van der Waals surface area contributed by atoms with Gasteiger partial charge in [-0.1, -0.05) is 25.1 Å². The van der Waals surface area contributed by atoms with E-state index >= 15 is 0 Å². The normalized spacial score (nSPS) is 15.3. The van der Waals surface area contributed by atoms with Gasteiger partial charge in [-0.3, -0.25) is 0 Å². The summed E-state index contributed by atoms with van der Waals surface area (Å²) in [4.78, 5) is 4.58. The topological polar surface area (TPSA) is 29.9 Å². The summed E-state index contributed by atoms with van der Waals surface area (Å²) in [5.74, 6) is 1.12. The van der Waals surface area contributed by atoms with E-state index < -0.39 is 0 Å². The highest BCUT2D eigenvalue weighted by atomic mass is 15.1. The van der Waals surface area contributed by atoms with Crippen LogP contribution in [-0.4, -0.2) is 16.6 Å². The lowest BCUT2D eigenvalue weighted by Gasteiger charge is -2.19. The number of hydrogen-bond acceptors (Lipinski definition) is 2. The van der Waals surface area contributed by atoms with Crippen LogP contribution in [0, 0.1) is 0 Å². The summed E-state index contributed by atoms with van der Waals surface area (Å²) in [6, 6.07) is 7.11. The minimum absolute atomic E-state index is 0.183. The molecule has 0 saturated carbocycles. The zero-order chi connectivity index (χ0) is 13.9. The minimum Gasteiger partial charge on any atom is -0.333 e. The van der Waals surface area contributed by atoms with Crippen LogP contribution in [0.2, 0.25) is 0 Å². The molecule has 0 bridgehead atoms. The Morgan fingerprint density at radius 3 is 2.95 bits per heavy atom. The highest BCUT2D eigenvalue weighted by molar-refractivity contribution is 5.38. The number of aromatic nitrogens is 2. The number of fused-ring (bicyclic) bond motifs is 1. The van der Waals surface area contributed by atoms with Crippen LogP contribution < -0.4 is 5.32 Å². The molecule has 0 saturated heterocycles. The molecule has 0 aliphatic heterocycles. The molecule has 3 rings (SSSR count). The second-order valence-electron chi connectivity index (χ2n) is 5.58. The zero-order valence-electron chi connectivity index (χ0n) is 12.4. The fourth-order valence-electron chi connectivity index (χ4n) is 3.23. The van der Waals surface area contributed by atoms with Crippen molar-refractivity contribution in [2.24, 2.45) is 0 Å². The summed E-state index contributed by atoms with van der Waals surface area (Å²) in [7, 11) is 2.02. The minimum atomic E-state index is 0.183. The van der Waals surface area contributed by atoms with Crippen molar-refractivity contribution >= 4 is 0 Å². The predicted molar refractivity (Wildman–Crippen MR) is 81.9 cm³/mol. The van der Waals surface area contributed by atoms with E-state index in [0.717, 1.165) is 18.8 Å². The lowest BCUT2D eigenvalue weighted by Crippen LogP contribution is -2.22. The fraction of sp³-hybridized carbons (Fsp3) is 0.471. The number of imidazole rings is 1. The third-order valence-corrected chi connectivity index (χ3v) is 4.21. The van der Waals surface area contributed by atoms with E-state index in [4.69, 9.17) is 0 Å². The van der Waals surface area contributed by atoms with Crippen LogP contribution in [0.25, 0.3) is 0 Å². The van der Waals surface area contributed by atoms with Crippen molar-refractivity contribution in [3.8, 4) is 0 Å². The molecule has 0 amide bonds. The maximum Gasteiger partial charge on any atom is 0.130 e. The number of aryl methyl sites for hydroxylation is 3. The van der Waals surface area contributed by atoms with Gasteiger partial charge in [0.2, 0.25) is 0 Å². The smallest absolute Gasteiger partial charge is 0.130 e. The summed E-state index contributed by atoms with van der Waals surface area (Å²) in [6.07, 6.45) is 8.88. The highest BCUT2D eigenvalue weighted by Crippen LogP contribution is 2.27. The first-order valence-electron chi connectivity index (χ1n) is 7.63. The molecule has 1 N–H and O–H groups in total. The molecule has 1 aromatic carbocycles. The number of benzene rings is 1. The second kappa shape index (κ2) is 5.80. The van der Waals surface area contributed by atoms with Gasteiger partial charge in [0, 0.05) is 18.9 Å². The third-order valence-electron chi connectivity index (χ3n) is 4.21. The molecule has 2 aromatic rings. The molecule has 1 unspecified atom stereocenters. The van der Waals surface area contributed by atoms with Crippen LogP contribution in [0.3, 0.4) is 0 Å². The quantitative estimate of drug-likeness (QED) is 0.904. The van der Waals surface area contributed by atoms with Gasteiger partial charge in [0.1, 0.15) is 5.82 Å². The summed E-state index contributed by atoms with van der Waals surface area (Å²) in [6.45, 7) is 3.23. The van der Waals surface area contributed by atoms with Crippen molar-refractivity contribution in [1.29, 1.82) is 0 Å². The molecule has 1 aliphatic rings. The first kappa shape index (κ1) is 13.4. The lowest BCUT2D eigenvalue weighted by atomic mass is 10.0. The van der Waals surface area contributed by atoms with Gasteiger partial charge < -0.3 is 9.88 Å². The molecule has 0 spiro atoms. The predicted octanol–water partition coefficient (Wildman–Crippen LogP) is 3.09. The number of hydrogen-bond donors (Lipinski definition) is 1. The van der Waals surface area contributed by atoms with Gasteiger partial charge in [0.15, 0.2) is 0 Å². The van der Waals surface area contributed by atoms with E-state index in [-0.39, 0.29) is 6.04 Å². The Bertz CT molecular complexity index is 586. The molecule has 1 aliphatic carbocycles. The van der Waals surface area contributed by atoms with Crippen molar-refractivity contribution in [2.75, 3.05) is 7.05 Å². The summed E-state index contributed by atoms with van der Waals surface area (Å²) in [5, 5.41) is 3.43. The van der Waals surface area contributed by atoms with Gasteiger partial charge in [-0.05, 0) is 49.4 Å². The SMILES string of the molecule is CCCn1ccnc1C(NC)c1ccc2c(c1)CCC2. The maximum atomic E-state index is 4.58. The van der Waals surface area contributed by atoms with Gasteiger partial charge in [0.25, 0.3) is 0 Å². The average molecular weight is 269 g/mol.